The van der Waals surface area contributed by atoms with Crippen molar-refractivity contribution < 1.29 is 33.0 Å². The molecule has 1 atom stereocenters. The summed E-state index contributed by atoms with van der Waals surface area (Å²) < 4.78 is 32.0. The van der Waals surface area contributed by atoms with Crippen LogP contribution in [0.15, 0.2) is 54.6 Å². The Balaban J connectivity index is 1.59. The van der Waals surface area contributed by atoms with E-state index in [-0.39, 0.29) is 31.2 Å². The molecular weight excluding hydrogens is 519 g/mol. The molecule has 11 heteroatoms. The summed E-state index contributed by atoms with van der Waals surface area (Å²) in [6, 6.07) is 13.7. The molecule has 40 heavy (non-hydrogen) atoms. The lowest BCUT2D eigenvalue weighted by atomic mass is 9.87. The van der Waals surface area contributed by atoms with Crippen LogP contribution in [-0.2, 0) is 11.2 Å². The monoisotopic (exact) mass is 548 g/mol. The summed E-state index contributed by atoms with van der Waals surface area (Å²) in [5.41, 5.74) is 7.70. The van der Waals surface area contributed by atoms with Crippen LogP contribution < -0.4 is 30.6 Å². The van der Waals surface area contributed by atoms with E-state index in [1.807, 2.05) is 24.3 Å². The Morgan fingerprint density at radius 3 is 2.75 bits per heavy atom. The Labute approximate surface area is 230 Å². The molecule has 208 valence electrons. The predicted molar refractivity (Wildman–Crippen MR) is 143 cm³/mol. The number of ether oxygens (including phenoxy) is 3. The highest BCUT2D eigenvalue weighted by molar-refractivity contribution is 5.94. The average molecular weight is 549 g/mol. The maximum atomic E-state index is 14.5. The van der Waals surface area contributed by atoms with Crippen molar-refractivity contribution in [1.29, 1.82) is 0 Å². The van der Waals surface area contributed by atoms with Crippen molar-refractivity contribution in [3.05, 3.63) is 82.7 Å². The van der Waals surface area contributed by atoms with E-state index >= 15 is 0 Å². The highest BCUT2D eigenvalue weighted by Gasteiger charge is 2.33. The van der Waals surface area contributed by atoms with Gasteiger partial charge in [0.2, 0.25) is 5.91 Å². The highest BCUT2D eigenvalue weighted by Crippen LogP contribution is 2.40. The van der Waals surface area contributed by atoms with Crippen molar-refractivity contribution >= 4 is 17.8 Å². The highest BCUT2D eigenvalue weighted by atomic mass is 19.1. The molecule has 4 N–H and O–H groups in total. The molecule has 0 saturated carbocycles. The van der Waals surface area contributed by atoms with Gasteiger partial charge in [0.15, 0.2) is 11.5 Å². The molecule has 0 saturated heterocycles. The van der Waals surface area contributed by atoms with Crippen LogP contribution in [0, 0.1) is 5.82 Å². The normalized spacial score (nSPS) is 16.5. The first-order valence-corrected chi connectivity index (χ1v) is 12.9. The van der Waals surface area contributed by atoms with Crippen LogP contribution in [0.1, 0.15) is 39.5 Å². The molecule has 1 unspecified atom stereocenters. The van der Waals surface area contributed by atoms with Gasteiger partial charge in [0.05, 0.1) is 31.9 Å². The molecule has 0 radical (unpaired) electrons. The second-order valence-corrected chi connectivity index (χ2v) is 9.43. The Hall–Kier alpha value is -4.80. The van der Waals surface area contributed by atoms with E-state index in [9.17, 15) is 18.8 Å². The minimum absolute atomic E-state index is 0.120. The zero-order chi connectivity index (χ0) is 28.2. The Kier molecular flexibility index (Phi) is 7.72. The van der Waals surface area contributed by atoms with Crippen molar-refractivity contribution in [2.75, 3.05) is 33.4 Å². The van der Waals surface area contributed by atoms with Crippen molar-refractivity contribution in [3.8, 4) is 23.0 Å². The lowest BCUT2D eigenvalue weighted by molar-refractivity contribution is -0.132. The molecule has 3 aliphatic heterocycles. The molecule has 0 spiro atoms. The Morgan fingerprint density at radius 2 is 1.95 bits per heavy atom. The zero-order valence-electron chi connectivity index (χ0n) is 21.9. The molecule has 10 nitrogen and oxygen atoms in total. The van der Waals surface area contributed by atoms with Crippen LogP contribution in [0.3, 0.4) is 0 Å². The lowest BCUT2D eigenvalue weighted by Crippen LogP contribution is -2.46. The van der Waals surface area contributed by atoms with Gasteiger partial charge in [-0.05, 0) is 72.0 Å². The summed E-state index contributed by atoms with van der Waals surface area (Å²) in [7, 11) is 1.53. The molecule has 6 rings (SSSR count). The van der Waals surface area contributed by atoms with Crippen molar-refractivity contribution in [2.45, 2.75) is 18.9 Å². The van der Waals surface area contributed by atoms with E-state index in [1.54, 1.807) is 17.0 Å². The van der Waals surface area contributed by atoms with Crippen LogP contribution in [0.5, 0.6) is 23.0 Å². The average Bonchev–Trinajstić information content (AvgIpc) is 2.95. The van der Waals surface area contributed by atoms with Crippen LogP contribution >= 0.6 is 0 Å². The quantitative estimate of drug-likeness (QED) is 0.460. The summed E-state index contributed by atoms with van der Waals surface area (Å²) in [5, 5.41) is 5.09. The van der Waals surface area contributed by atoms with Gasteiger partial charge in [-0.15, -0.1) is 0 Å². The molecular formula is C29H29FN4O6. The van der Waals surface area contributed by atoms with Crippen molar-refractivity contribution in [3.63, 3.8) is 0 Å². The summed E-state index contributed by atoms with van der Waals surface area (Å²) in [4.78, 5) is 38.8. The van der Waals surface area contributed by atoms with Gasteiger partial charge in [-0.3, -0.25) is 9.59 Å². The van der Waals surface area contributed by atoms with Crippen molar-refractivity contribution in [2.24, 2.45) is 5.73 Å². The topological polar surface area (TPSA) is 132 Å². The number of halogens is 1. The third-order valence-electron chi connectivity index (χ3n) is 6.86. The van der Waals surface area contributed by atoms with Crippen LogP contribution in [-0.4, -0.2) is 56.1 Å². The van der Waals surface area contributed by atoms with Gasteiger partial charge in [0.25, 0.3) is 5.91 Å². The maximum Gasteiger partial charge on any atom is 0.312 e. The number of hydrogen-bond donors (Lipinski definition) is 3. The molecule has 3 heterocycles. The molecule has 8 bridgehead atoms. The number of nitrogens with two attached hydrogens (primary N) is 1. The number of benzene rings is 3. The maximum absolute atomic E-state index is 14.5. The van der Waals surface area contributed by atoms with Gasteiger partial charge in [-0.25, -0.2) is 9.18 Å². The largest absolute Gasteiger partial charge is 0.493 e. The van der Waals surface area contributed by atoms with E-state index in [2.05, 4.69) is 10.6 Å². The van der Waals surface area contributed by atoms with Gasteiger partial charge in [-0.1, -0.05) is 12.1 Å². The van der Waals surface area contributed by atoms with Gasteiger partial charge in [0, 0.05) is 13.1 Å². The summed E-state index contributed by atoms with van der Waals surface area (Å²) in [5.74, 6) is 0.316. The van der Waals surface area contributed by atoms with Gasteiger partial charge in [0.1, 0.15) is 17.3 Å². The number of amides is 4. The number of nitrogens with one attached hydrogen (secondary N) is 2. The molecule has 3 aromatic carbocycles. The predicted octanol–water partition coefficient (Wildman–Crippen LogP) is 3.28. The molecule has 0 fully saturated rings. The first-order valence-electron chi connectivity index (χ1n) is 12.9. The van der Waals surface area contributed by atoms with Gasteiger partial charge >= 0.3 is 6.03 Å². The third-order valence-corrected chi connectivity index (χ3v) is 6.86. The Morgan fingerprint density at radius 1 is 1.15 bits per heavy atom. The molecule has 0 aromatic heterocycles. The Bertz CT molecular complexity index is 1460. The fraction of sp³-hybridized carbons (Fsp3) is 0.276. The third kappa shape index (κ3) is 5.63. The summed E-state index contributed by atoms with van der Waals surface area (Å²) in [6.07, 6.45) is 0.983. The number of carbonyl (C=O) groups is 3. The first kappa shape index (κ1) is 26.8. The fourth-order valence-corrected chi connectivity index (χ4v) is 4.96. The second kappa shape index (κ2) is 11.5. The van der Waals surface area contributed by atoms with E-state index in [1.165, 1.54) is 25.3 Å². The number of nitrogens with zero attached hydrogens (tertiary/aromatic N) is 1. The number of carbonyl (C=O) groups excluding carboxylic acids is 3. The fourth-order valence-electron chi connectivity index (χ4n) is 4.96. The minimum Gasteiger partial charge on any atom is -0.493 e. The first-order chi connectivity index (χ1) is 19.3. The van der Waals surface area contributed by atoms with E-state index < -0.39 is 23.8 Å². The number of rotatable bonds is 3. The number of fused-ring (bicyclic) bond motifs is 6. The smallest absolute Gasteiger partial charge is 0.312 e. The number of methoxy groups -OCH3 is 1. The molecule has 4 amide bonds. The molecule has 0 aliphatic carbocycles. The van der Waals surface area contributed by atoms with Crippen molar-refractivity contribution in [1.82, 2.24) is 15.5 Å². The van der Waals surface area contributed by atoms with Crippen LogP contribution in [0.4, 0.5) is 9.18 Å². The van der Waals surface area contributed by atoms with Gasteiger partial charge < -0.3 is 35.5 Å². The van der Waals surface area contributed by atoms with Gasteiger partial charge in [-0.2, -0.15) is 0 Å². The second-order valence-electron chi connectivity index (χ2n) is 9.43. The molecule has 3 aliphatic rings. The number of primary amides is 1. The number of hydrogen-bond acceptors (Lipinski definition) is 6. The van der Waals surface area contributed by atoms with Crippen LogP contribution in [0.2, 0.25) is 0 Å². The summed E-state index contributed by atoms with van der Waals surface area (Å²) >= 11 is 0. The van der Waals surface area contributed by atoms with E-state index in [4.69, 9.17) is 19.9 Å². The van der Waals surface area contributed by atoms with Crippen LogP contribution in [0.25, 0.3) is 0 Å². The van der Waals surface area contributed by atoms with E-state index in [0.29, 0.717) is 42.4 Å². The van der Waals surface area contributed by atoms with E-state index in [0.717, 1.165) is 16.7 Å². The molecule has 3 aromatic rings. The zero-order valence-corrected chi connectivity index (χ0v) is 21.9. The SMILES string of the molecule is COc1ccc2cc1OCCCNC(=O)c1cc(ccc1F)Oc1ccc3c(c1)CCN(C(=O)CNC(N)=O)C23. The number of urea groups is 1. The minimum atomic E-state index is -0.780. The summed E-state index contributed by atoms with van der Waals surface area (Å²) in [6.45, 7) is 0.652. The lowest BCUT2D eigenvalue weighted by Gasteiger charge is -2.38. The standard InChI is InChI=1S/C29H29FN4O6/c1-38-24-8-3-18-14-25(24)39-12-2-10-32-28(36)22-15-20(5-7-23(22)30)40-19-4-6-21-17(13-19)9-11-34(27(18)21)26(35)16-33-29(31)37/h3-8,13-15,27H,2,9-12,16H2,1H3,(H,32,36)(H3,31,33,37).